The minimum atomic E-state index is -4.31. The number of benzene rings is 4. The average molecular weight is 646 g/mol. The molecule has 46 heavy (non-hydrogen) atoms. The van der Waals surface area contributed by atoms with Gasteiger partial charge in [-0.05, 0) is 56.2 Å². The fourth-order valence-electron chi connectivity index (χ4n) is 5.02. The number of aryl methyl sites for hydroxylation is 1. The maximum atomic E-state index is 15.1. The normalized spacial score (nSPS) is 11.8. The molecule has 242 valence electrons. The summed E-state index contributed by atoms with van der Waals surface area (Å²) < 4.78 is 50.4. The summed E-state index contributed by atoms with van der Waals surface area (Å²) in [5.74, 6) is -1.37. The summed E-state index contributed by atoms with van der Waals surface area (Å²) in [5, 5.41) is 2.88. The van der Waals surface area contributed by atoms with Crippen molar-refractivity contribution in [2.75, 3.05) is 24.0 Å². The maximum Gasteiger partial charge on any atom is 0.264 e. The van der Waals surface area contributed by atoms with Crippen molar-refractivity contribution in [3.8, 4) is 5.75 Å². The third-order valence-corrected chi connectivity index (χ3v) is 9.21. The molecule has 0 spiro atoms. The predicted octanol–water partition coefficient (Wildman–Crippen LogP) is 5.89. The number of anilines is 1. The average Bonchev–Trinajstić information content (AvgIpc) is 3.06. The molecule has 0 saturated carbocycles. The lowest BCUT2D eigenvalue weighted by atomic mass is 10.0. The highest BCUT2D eigenvalue weighted by Crippen LogP contribution is 2.33. The van der Waals surface area contributed by atoms with Crippen molar-refractivity contribution in [2.45, 2.75) is 51.1 Å². The molecule has 8 nitrogen and oxygen atoms in total. The topological polar surface area (TPSA) is 96.0 Å². The largest absolute Gasteiger partial charge is 0.492 e. The van der Waals surface area contributed by atoms with Crippen LogP contribution in [-0.2, 0) is 32.6 Å². The highest BCUT2D eigenvalue weighted by molar-refractivity contribution is 7.92. The van der Waals surface area contributed by atoms with E-state index >= 15 is 4.39 Å². The first kappa shape index (κ1) is 34.2. The fourth-order valence-corrected chi connectivity index (χ4v) is 6.45. The SMILES string of the molecule is CCCNC(=O)C(Cc1ccccc1)N(Cc1ccccc1F)C(=O)CN(c1ccccc1OCC)S(=O)(=O)c1ccc(C)cc1. The van der Waals surface area contributed by atoms with Gasteiger partial charge in [-0.3, -0.25) is 13.9 Å². The van der Waals surface area contributed by atoms with Crippen LogP contribution in [0.3, 0.4) is 0 Å². The minimum absolute atomic E-state index is 0.0145. The van der Waals surface area contributed by atoms with E-state index in [4.69, 9.17) is 4.74 Å². The molecule has 0 aliphatic carbocycles. The number of amides is 2. The first-order valence-electron chi connectivity index (χ1n) is 15.3. The second-order valence-electron chi connectivity index (χ2n) is 10.8. The number of nitrogens with zero attached hydrogens (tertiary/aromatic N) is 2. The van der Waals surface area contributed by atoms with Gasteiger partial charge in [0.05, 0.1) is 17.2 Å². The molecule has 0 heterocycles. The van der Waals surface area contributed by atoms with Crippen LogP contribution in [0.4, 0.5) is 10.1 Å². The van der Waals surface area contributed by atoms with Crippen LogP contribution in [0.5, 0.6) is 5.75 Å². The van der Waals surface area contributed by atoms with Gasteiger partial charge in [0, 0.05) is 25.1 Å². The number of hydrogen-bond donors (Lipinski definition) is 1. The molecule has 0 aliphatic rings. The van der Waals surface area contributed by atoms with Gasteiger partial charge in [0.25, 0.3) is 10.0 Å². The van der Waals surface area contributed by atoms with Crippen LogP contribution < -0.4 is 14.4 Å². The zero-order valence-corrected chi connectivity index (χ0v) is 27.2. The number of sulfonamides is 1. The zero-order chi connectivity index (χ0) is 33.1. The molecule has 0 bridgehead atoms. The summed E-state index contributed by atoms with van der Waals surface area (Å²) in [6, 6.07) is 27.1. The first-order chi connectivity index (χ1) is 22.1. The Kier molecular flexibility index (Phi) is 11.9. The van der Waals surface area contributed by atoms with E-state index in [-0.39, 0.29) is 41.5 Å². The summed E-state index contributed by atoms with van der Waals surface area (Å²) in [4.78, 5) is 29.5. The molecule has 4 rings (SSSR count). The second-order valence-corrected chi connectivity index (χ2v) is 12.7. The number of carbonyl (C=O) groups is 2. The van der Waals surface area contributed by atoms with E-state index in [0.717, 1.165) is 15.4 Å². The molecule has 4 aromatic rings. The van der Waals surface area contributed by atoms with Crippen LogP contribution in [0.25, 0.3) is 0 Å². The van der Waals surface area contributed by atoms with E-state index in [1.165, 1.54) is 23.1 Å². The van der Waals surface area contributed by atoms with Gasteiger partial charge in [0.2, 0.25) is 11.8 Å². The lowest BCUT2D eigenvalue weighted by molar-refractivity contribution is -0.140. The number of rotatable bonds is 15. The molecule has 1 N–H and O–H groups in total. The van der Waals surface area contributed by atoms with Gasteiger partial charge < -0.3 is 15.0 Å². The van der Waals surface area contributed by atoms with Crippen LogP contribution in [-0.4, -0.2) is 50.9 Å². The molecule has 0 saturated heterocycles. The Morgan fingerprint density at radius 3 is 2.20 bits per heavy atom. The van der Waals surface area contributed by atoms with Crippen molar-refractivity contribution in [3.05, 3.63) is 126 Å². The van der Waals surface area contributed by atoms with E-state index in [9.17, 15) is 18.0 Å². The quantitative estimate of drug-likeness (QED) is 0.174. The molecule has 0 fully saturated rings. The number of nitrogens with one attached hydrogen (secondary N) is 1. The van der Waals surface area contributed by atoms with Crippen LogP contribution in [0.15, 0.2) is 108 Å². The molecule has 2 amide bonds. The summed E-state index contributed by atoms with van der Waals surface area (Å²) in [7, 11) is -4.31. The summed E-state index contributed by atoms with van der Waals surface area (Å²) in [5.41, 5.74) is 2.02. The van der Waals surface area contributed by atoms with Gasteiger partial charge in [0.1, 0.15) is 24.2 Å². The Morgan fingerprint density at radius 1 is 0.870 bits per heavy atom. The van der Waals surface area contributed by atoms with Crippen LogP contribution in [0.1, 0.15) is 37.0 Å². The Morgan fingerprint density at radius 2 is 1.52 bits per heavy atom. The fraction of sp³-hybridized carbons (Fsp3) is 0.278. The Balaban J connectivity index is 1.84. The zero-order valence-electron chi connectivity index (χ0n) is 26.4. The first-order valence-corrected chi connectivity index (χ1v) is 16.8. The molecular formula is C36H40FN3O5S. The molecule has 4 aromatic carbocycles. The Hall–Kier alpha value is -4.70. The van der Waals surface area contributed by atoms with E-state index in [2.05, 4.69) is 5.32 Å². The standard InChI is InChI=1S/C36H40FN3O5S/c1-4-23-38-36(42)33(24-28-13-7-6-8-14-28)39(25-29-15-9-10-16-31(29)37)35(41)26-40(32-17-11-12-18-34(32)45-5-2)46(43,44)30-21-19-27(3)20-22-30/h6-22,33H,4-5,23-26H2,1-3H3,(H,38,42). The molecule has 1 unspecified atom stereocenters. The molecule has 0 aromatic heterocycles. The van der Waals surface area contributed by atoms with E-state index < -0.39 is 40.2 Å². The molecule has 10 heteroatoms. The van der Waals surface area contributed by atoms with Gasteiger partial charge in [-0.25, -0.2) is 12.8 Å². The molecular weight excluding hydrogens is 605 g/mol. The summed E-state index contributed by atoms with van der Waals surface area (Å²) in [6.45, 7) is 5.26. The van der Waals surface area contributed by atoms with Gasteiger partial charge in [-0.15, -0.1) is 0 Å². The number of carbonyl (C=O) groups excluding carboxylic acids is 2. The van der Waals surface area contributed by atoms with Gasteiger partial charge >= 0.3 is 0 Å². The van der Waals surface area contributed by atoms with Crippen molar-refractivity contribution in [1.29, 1.82) is 0 Å². The van der Waals surface area contributed by atoms with Crippen LogP contribution in [0.2, 0.25) is 0 Å². The van der Waals surface area contributed by atoms with E-state index in [1.54, 1.807) is 61.5 Å². The van der Waals surface area contributed by atoms with Crippen molar-refractivity contribution >= 4 is 27.5 Å². The van der Waals surface area contributed by atoms with Gasteiger partial charge in [0.15, 0.2) is 0 Å². The minimum Gasteiger partial charge on any atom is -0.492 e. The van der Waals surface area contributed by atoms with Crippen LogP contribution >= 0.6 is 0 Å². The van der Waals surface area contributed by atoms with E-state index in [0.29, 0.717) is 13.0 Å². The number of hydrogen-bond acceptors (Lipinski definition) is 5. The van der Waals surface area contributed by atoms with Crippen molar-refractivity contribution in [3.63, 3.8) is 0 Å². The molecule has 0 aliphatic heterocycles. The molecule has 1 atom stereocenters. The van der Waals surface area contributed by atoms with Crippen molar-refractivity contribution in [1.82, 2.24) is 10.2 Å². The van der Waals surface area contributed by atoms with Crippen molar-refractivity contribution < 1.29 is 27.1 Å². The van der Waals surface area contributed by atoms with Crippen LogP contribution in [0, 0.1) is 12.7 Å². The van der Waals surface area contributed by atoms with E-state index in [1.807, 2.05) is 44.2 Å². The van der Waals surface area contributed by atoms with Crippen molar-refractivity contribution in [2.24, 2.45) is 0 Å². The number of para-hydroxylation sites is 2. The number of ether oxygens (including phenoxy) is 1. The number of halogens is 1. The predicted molar refractivity (Wildman–Crippen MR) is 178 cm³/mol. The summed E-state index contributed by atoms with van der Waals surface area (Å²) >= 11 is 0. The third-order valence-electron chi connectivity index (χ3n) is 7.44. The Bertz CT molecular complexity index is 1720. The maximum absolute atomic E-state index is 15.1. The Labute approximate surface area is 270 Å². The summed E-state index contributed by atoms with van der Waals surface area (Å²) in [6.07, 6.45) is 0.804. The lowest BCUT2D eigenvalue weighted by Gasteiger charge is -2.34. The highest BCUT2D eigenvalue weighted by Gasteiger charge is 2.35. The highest BCUT2D eigenvalue weighted by atomic mass is 32.2. The smallest absolute Gasteiger partial charge is 0.264 e. The molecule has 0 radical (unpaired) electrons. The lowest BCUT2D eigenvalue weighted by Crippen LogP contribution is -2.53. The second kappa shape index (κ2) is 16.0. The van der Waals surface area contributed by atoms with Gasteiger partial charge in [-0.1, -0.05) is 85.3 Å². The van der Waals surface area contributed by atoms with Gasteiger partial charge in [-0.2, -0.15) is 0 Å². The monoisotopic (exact) mass is 645 g/mol. The third kappa shape index (κ3) is 8.51.